The predicted octanol–water partition coefficient (Wildman–Crippen LogP) is 3.58. The fourth-order valence-corrected chi connectivity index (χ4v) is 4.21. The van der Waals surface area contributed by atoms with Crippen molar-refractivity contribution < 1.29 is 19.0 Å². The molecule has 28 heavy (non-hydrogen) atoms. The summed E-state index contributed by atoms with van der Waals surface area (Å²) in [5.74, 6) is 2.22. The number of rotatable bonds is 5. The predicted molar refractivity (Wildman–Crippen MR) is 106 cm³/mol. The van der Waals surface area contributed by atoms with E-state index in [1.807, 2.05) is 30.3 Å². The first-order chi connectivity index (χ1) is 13.5. The highest BCUT2D eigenvalue weighted by molar-refractivity contribution is 6.06. The Morgan fingerprint density at radius 3 is 2.64 bits per heavy atom. The maximum absolute atomic E-state index is 11.9. The van der Waals surface area contributed by atoms with E-state index < -0.39 is 5.41 Å². The summed E-state index contributed by atoms with van der Waals surface area (Å²) in [6.45, 7) is 4.93. The fraction of sp³-hybridized carbons (Fsp3) is 0.364. The molecule has 0 bridgehead atoms. The van der Waals surface area contributed by atoms with Gasteiger partial charge >= 0.3 is 0 Å². The second kappa shape index (κ2) is 6.86. The lowest BCUT2D eigenvalue weighted by Crippen LogP contribution is -2.32. The van der Waals surface area contributed by atoms with E-state index in [0.29, 0.717) is 18.1 Å². The normalized spacial score (nSPS) is 19.6. The summed E-state index contributed by atoms with van der Waals surface area (Å²) in [5, 5.41) is 6.18. The lowest BCUT2D eigenvalue weighted by atomic mass is 9.75. The molecule has 0 N–H and O–H groups in total. The van der Waals surface area contributed by atoms with E-state index in [-0.39, 0.29) is 6.04 Å². The van der Waals surface area contributed by atoms with Crippen LogP contribution >= 0.6 is 0 Å². The van der Waals surface area contributed by atoms with Gasteiger partial charge in [-0.2, -0.15) is 5.10 Å². The van der Waals surface area contributed by atoms with Gasteiger partial charge in [0.15, 0.2) is 11.5 Å². The van der Waals surface area contributed by atoms with Crippen molar-refractivity contribution in [3.63, 3.8) is 0 Å². The number of hydrogen-bond donors (Lipinski definition) is 0. The molecule has 2 aliphatic heterocycles. The standard InChI is InChI=1S/C22H24N2O4/c1-22(2)20(15-5-8-18(26-3)19(12-15)27-4)23-24(13-25)21(22)16-6-7-17-14(11-16)9-10-28-17/h5-8,11-13,21H,9-10H2,1-4H3. The molecule has 0 aliphatic carbocycles. The zero-order valence-corrected chi connectivity index (χ0v) is 16.6. The smallest absolute Gasteiger partial charge is 0.230 e. The van der Waals surface area contributed by atoms with Crippen LogP contribution in [0.1, 0.15) is 36.6 Å². The Morgan fingerprint density at radius 1 is 1.14 bits per heavy atom. The van der Waals surface area contributed by atoms with Gasteiger partial charge in [0.1, 0.15) is 5.75 Å². The van der Waals surface area contributed by atoms with Crippen molar-refractivity contribution in [2.75, 3.05) is 20.8 Å². The Bertz CT molecular complexity index is 952. The minimum absolute atomic E-state index is 0.195. The van der Waals surface area contributed by atoms with Crippen LogP contribution in [0.4, 0.5) is 0 Å². The summed E-state index contributed by atoms with van der Waals surface area (Å²) in [7, 11) is 3.21. The summed E-state index contributed by atoms with van der Waals surface area (Å²) in [6.07, 6.45) is 1.69. The molecule has 0 fully saturated rings. The molecule has 146 valence electrons. The Morgan fingerprint density at radius 2 is 1.93 bits per heavy atom. The molecule has 2 aromatic rings. The molecule has 6 nitrogen and oxygen atoms in total. The van der Waals surface area contributed by atoms with Crippen LogP contribution in [0.15, 0.2) is 41.5 Å². The third kappa shape index (κ3) is 2.80. The third-order valence-corrected chi connectivity index (χ3v) is 5.57. The van der Waals surface area contributed by atoms with Crippen LogP contribution in [0.5, 0.6) is 17.2 Å². The first-order valence-electron chi connectivity index (χ1n) is 9.30. The van der Waals surface area contributed by atoms with Gasteiger partial charge in [0.05, 0.1) is 32.6 Å². The van der Waals surface area contributed by atoms with E-state index >= 15 is 0 Å². The van der Waals surface area contributed by atoms with Gasteiger partial charge in [0.25, 0.3) is 0 Å². The third-order valence-electron chi connectivity index (χ3n) is 5.57. The van der Waals surface area contributed by atoms with Crippen LogP contribution in [0.25, 0.3) is 0 Å². The maximum Gasteiger partial charge on any atom is 0.230 e. The number of fused-ring (bicyclic) bond motifs is 1. The molecular formula is C22H24N2O4. The van der Waals surface area contributed by atoms with Crippen molar-refractivity contribution in [2.24, 2.45) is 10.5 Å². The number of carbonyl (C=O) groups is 1. The van der Waals surface area contributed by atoms with Crippen molar-refractivity contribution in [3.8, 4) is 17.2 Å². The minimum Gasteiger partial charge on any atom is -0.493 e. The van der Waals surface area contributed by atoms with Crippen LogP contribution in [0.2, 0.25) is 0 Å². The summed E-state index contributed by atoms with van der Waals surface area (Å²) < 4.78 is 16.4. The second-order valence-electron chi connectivity index (χ2n) is 7.59. The highest BCUT2D eigenvalue weighted by atomic mass is 16.5. The monoisotopic (exact) mass is 380 g/mol. The summed E-state index contributed by atoms with van der Waals surface area (Å²) >= 11 is 0. The van der Waals surface area contributed by atoms with E-state index in [1.54, 1.807) is 14.2 Å². The van der Waals surface area contributed by atoms with Crippen LogP contribution in [0.3, 0.4) is 0 Å². The first-order valence-corrected chi connectivity index (χ1v) is 9.30. The van der Waals surface area contributed by atoms with Gasteiger partial charge in [0.2, 0.25) is 6.41 Å². The van der Waals surface area contributed by atoms with Gasteiger partial charge in [-0.1, -0.05) is 19.9 Å². The number of methoxy groups -OCH3 is 2. The van der Waals surface area contributed by atoms with Gasteiger partial charge in [-0.3, -0.25) is 4.79 Å². The average Bonchev–Trinajstić information content (AvgIpc) is 3.27. The van der Waals surface area contributed by atoms with Crippen molar-refractivity contribution in [3.05, 3.63) is 53.1 Å². The van der Waals surface area contributed by atoms with E-state index in [1.165, 1.54) is 10.6 Å². The highest BCUT2D eigenvalue weighted by Crippen LogP contribution is 2.47. The molecule has 1 amide bonds. The van der Waals surface area contributed by atoms with Gasteiger partial charge in [0, 0.05) is 17.4 Å². The molecule has 6 heteroatoms. The minimum atomic E-state index is -0.395. The van der Waals surface area contributed by atoms with Crippen molar-refractivity contribution in [2.45, 2.75) is 26.3 Å². The topological polar surface area (TPSA) is 60.4 Å². The van der Waals surface area contributed by atoms with E-state index in [9.17, 15) is 4.79 Å². The number of benzene rings is 2. The Kier molecular flexibility index (Phi) is 4.49. The van der Waals surface area contributed by atoms with Crippen LogP contribution < -0.4 is 14.2 Å². The number of hydrogen-bond acceptors (Lipinski definition) is 5. The van der Waals surface area contributed by atoms with E-state index in [4.69, 9.17) is 14.2 Å². The summed E-state index contributed by atoms with van der Waals surface area (Å²) in [6, 6.07) is 11.7. The number of nitrogens with zero attached hydrogens (tertiary/aromatic N) is 2. The molecule has 0 spiro atoms. The number of amides is 1. The summed E-state index contributed by atoms with van der Waals surface area (Å²) in [5.41, 5.74) is 3.58. The first kappa shape index (κ1) is 18.3. The van der Waals surface area contributed by atoms with Crippen LogP contribution in [0, 0.1) is 5.41 Å². The molecule has 0 radical (unpaired) electrons. The van der Waals surface area contributed by atoms with Gasteiger partial charge in [-0.05, 0) is 41.5 Å². The molecule has 0 saturated heterocycles. The molecule has 1 unspecified atom stereocenters. The quantitative estimate of drug-likeness (QED) is 0.744. The number of hydrazone groups is 1. The lowest BCUT2D eigenvalue weighted by molar-refractivity contribution is -0.120. The Labute approximate surface area is 164 Å². The zero-order valence-electron chi connectivity index (χ0n) is 16.6. The van der Waals surface area contributed by atoms with Crippen LogP contribution in [-0.2, 0) is 11.2 Å². The fourth-order valence-electron chi connectivity index (χ4n) is 4.21. The number of ether oxygens (including phenoxy) is 3. The molecule has 1 atom stereocenters. The van der Waals surface area contributed by atoms with Gasteiger partial charge in [-0.25, -0.2) is 5.01 Å². The Balaban J connectivity index is 1.76. The average molecular weight is 380 g/mol. The molecular weight excluding hydrogens is 356 g/mol. The largest absolute Gasteiger partial charge is 0.493 e. The van der Waals surface area contributed by atoms with Gasteiger partial charge < -0.3 is 14.2 Å². The van der Waals surface area contributed by atoms with Gasteiger partial charge in [-0.15, -0.1) is 0 Å². The lowest BCUT2D eigenvalue weighted by Gasteiger charge is -2.31. The Hall–Kier alpha value is -3.02. The van der Waals surface area contributed by atoms with Crippen molar-refractivity contribution in [1.82, 2.24) is 5.01 Å². The van der Waals surface area contributed by atoms with Crippen molar-refractivity contribution >= 4 is 12.1 Å². The van der Waals surface area contributed by atoms with Crippen LogP contribution in [-0.4, -0.2) is 38.0 Å². The molecule has 2 aliphatic rings. The molecule has 2 heterocycles. The maximum atomic E-state index is 11.9. The summed E-state index contributed by atoms with van der Waals surface area (Å²) in [4.78, 5) is 11.9. The van der Waals surface area contributed by atoms with E-state index in [0.717, 1.165) is 35.4 Å². The molecule has 0 saturated carbocycles. The second-order valence-corrected chi connectivity index (χ2v) is 7.59. The van der Waals surface area contributed by atoms with E-state index in [2.05, 4.69) is 25.0 Å². The molecule has 4 rings (SSSR count). The molecule has 0 aromatic heterocycles. The molecule has 2 aromatic carbocycles. The number of carbonyl (C=O) groups excluding carboxylic acids is 1. The zero-order chi connectivity index (χ0) is 19.9. The van der Waals surface area contributed by atoms with Crippen molar-refractivity contribution in [1.29, 1.82) is 0 Å². The SMILES string of the molecule is COc1ccc(C2=NN(C=O)C(c3ccc4c(c3)CCO4)C2(C)C)cc1OC. The highest BCUT2D eigenvalue weighted by Gasteiger charge is 2.46.